The molecule has 3 aromatic carbocycles. The molecule has 0 radical (unpaired) electrons. The minimum atomic E-state index is -0.00674. The zero-order chi connectivity index (χ0) is 20.4. The van der Waals surface area contributed by atoms with Crippen molar-refractivity contribution in [3.8, 4) is 16.9 Å². The third kappa shape index (κ3) is 4.08. The Labute approximate surface area is 170 Å². The van der Waals surface area contributed by atoms with E-state index in [1.165, 1.54) is 0 Å². The number of ketones is 1. The minimum absolute atomic E-state index is 0.00674. The zero-order valence-corrected chi connectivity index (χ0v) is 16.6. The lowest BCUT2D eigenvalue weighted by Crippen LogP contribution is -2.31. The third-order valence-corrected chi connectivity index (χ3v) is 6.01. The molecular weight excluding hydrogens is 362 g/mol. The van der Waals surface area contributed by atoms with Crippen LogP contribution in [0.3, 0.4) is 0 Å². The van der Waals surface area contributed by atoms with Gasteiger partial charge in [0.1, 0.15) is 5.75 Å². The smallest absolute Gasteiger partial charge is 0.163 e. The molecule has 0 unspecified atom stereocenters. The maximum Gasteiger partial charge on any atom is 0.163 e. The maximum atomic E-state index is 12.6. The van der Waals surface area contributed by atoms with Gasteiger partial charge < -0.3 is 10.0 Å². The van der Waals surface area contributed by atoms with Gasteiger partial charge >= 0.3 is 0 Å². The Morgan fingerprint density at radius 3 is 2.41 bits per heavy atom. The highest BCUT2D eigenvalue weighted by atomic mass is 16.3. The van der Waals surface area contributed by atoms with Gasteiger partial charge in [0.05, 0.1) is 5.56 Å². The number of hydrogen-bond acceptors (Lipinski definition) is 4. The van der Waals surface area contributed by atoms with Crippen LogP contribution in [0.4, 0.5) is 0 Å². The second-order valence-corrected chi connectivity index (χ2v) is 8.00. The van der Waals surface area contributed by atoms with Gasteiger partial charge in [0.2, 0.25) is 0 Å². The van der Waals surface area contributed by atoms with E-state index in [0.717, 1.165) is 53.4 Å². The highest BCUT2D eigenvalue weighted by molar-refractivity contribution is 6.02. The molecular formula is C25H25NO3. The molecule has 4 nitrogen and oxygen atoms in total. The van der Waals surface area contributed by atoms with Gasteiger partial charge in [-0.3, -0.25) is 9.59 Å². The number of nitrogens with zero attached hydrogens (tertiary/aromatic N) is 1. The number of hydrogen-bond donors (Lipinski definition) is 1. The second-order valence-electron chi connectivity index (χ2n) is 8.00. The van der Waals surface area contributed by atoms with E-state index in [-0.39, 0.29) is 11.5 Å². The Balaban J connectivity index is 1.52. The summed E-state index contributed by atoms with van der Waals surface area (Å²) >= 11 is 0. The molecule has 1 fully saturated rings. The summed E-state index contributed by atoms with van der Waals surface area (Å²) in [6.07, 6.45) is 3.49. The molecule has 3 aromatic rings. The van der Waals surface area contributed by atoms with Crippen molar-refractivity contribution in [2.45, 2.75) is 19.3 Å². The van der Waals surface area contributed by atoms with Crippen LogP contribution in [0.15, 0.2) is 54.6 Å². The number of phenolic OH excluding ortho intramolecular Hbond substituents is 1. The predicted octanol–water partition coefficient (Wildman–Crippen LogP) is 4.94. The standard InChI is InChI=1S/C25H25NO3/c1-26-12-10-17(11-13-26)14-25(29)19-4-2-18(3-5-19)20-6-8-22-21(15-20)7-9-24(28)23(22)16-27/h2-9,15-17,28H,10-14H2,1H3. The van der Waals surface area contributed by atoms with E-state index < -0.39 is 0 Å². The topological polar surface area (TPSA) is 57.6 Å². The van der Waals surface area contributed by atoms with Crippen LogP contribution in [0.1, 0.15) is 40.0 Å². The molecule has 0 amide bonds. The quantitative estimate of drug-likeness (QED) is 0.498. The number of benzene rings is 3. The maximum absolute atomic E-state index is 12.6. The van der Waals surface area contributed by atoms with Crippen molar-refractivity contribution in [2.75, 3.05) is 20.1 Å². The summed E-state index contributed by atoms with van der Waals surface area (Å²) in [5, 5.41) is 11.5. The summed E-state index contributed by atoms with van der Waals surface area (Å²) in [6.45, 7) is 2.14. The Morgan fingerprint density at radius 2 is 1.72 bits per heavy atom. The van der Waals surface area contributed by atoms with Crippen LogP contribution in [0.5, 0.6) is 5.75 Å². The largest absolute Gasteiger partial charge is 0.507 e. The molecule has 4 heteroatoms. The molecule has 0 bridgehead atoms. The number of carbonyl (C=O) groups excluding carboxylic acids is 2. The lowest BCUT2D eigenvalue weighted by molar-refractivity contribution is 0.0936. The summed E-state index contributed by atoms with van der Waals surface area (Å²) in [6, 6.07) is 16.9. The summed E-state index contributed by atoms with van der Waals surface area (Å²) in [5.74, 6) is 0.700. The number of carbonyl (C=O) groups is 2. The van der Waals surface area contributed by atoms with Crippen molar-refractivity contribution in [2.24, 2.45) is 5.92 Å². The fraction of sp³-hybridized carbons (Fsp3) is 0.280. The molecule has 1 heterocycles. The van der Waals surface area contributed by atoms with Gasteiger partial charge in [0, 0.05) is 12.0 Å². The van der Waals surface area contributed by atoms with Gasteiger partial charge in [-0.15, -0.1) is 0 Å². The number of aromatic hydroxyl groups is 1. The molecule has 0 aromatic heterocycles. The molecule has 29 heavy (non-hydrogen) atoms. The number of likely N-dealkylation sites (tertiary alicyclic amines) is 1. The average Bonchev–Trinajstić information content (AvgIpc) is 2.75. The van der Waals surface area contributed by atoms with Crippen LogP contribution in [-0.2, 0) is 0 Å². The first-order valence-corrected chi connectivity index (χ1v) is 10.1. The van der Waals surface area contributed by atoms with Gasteiger partial charge in [-0.05, 0) is 72.9 Å². The van der Waals surface area contributed by atoms with Crippen molar-refractivity contribution in [3.05, 3.63) is 65.7 Å². The first-order valence-electron chi connectivity index (χ1n) is 10.1. The first kappa shape index (κ1) is 19.3. The fourth-order valence-electron chi connectivity index (χ4n) is 4.14. The van der Waals surface area contributed by atoms with Crippen LogP contribution in [-0.4, -0.2) is 42.2 Å². The van der Waals surface area contributed by atoms with E-state index in [1.807, 2.05) is 42.5 Å². The van der Waals surface area contributed by atoms with Crippen molar-refractivity contribution >= 4 is 22.8 Å². The molecule has 0 aliphatic carbocycles. The lowest BCUT2D eigenvalue weighted by Gasteiger charge is -2.28. The van der Waals surface area contributed by atoms with Gasteiger partial charge in [0.25, 0.3) is 0 Å². The molecule has 1 saturated heterocycles. The molecule has 148 valence electrons. The highest BCUT2D eigenvalue weighted by Gasteiger charge is 2.20. The Hall–Kier alpha value is -2.98. The van der Waals surface area contributed by atoms with E-state index >= 15 is 0 Å². The van der Waals surface area contributed by atoms with Gasteiger partial charge in [-0.1, -0.05) is 42.5 Å². The van der Waals surface area contributed by atoms with E-state index in [9.17, 15) is 14.7 Å². The minimum Gasteiger partial charge on any atom is -0.507 e. The second kappa shape index (κ2) is 8.18. The van der Waals surface area contributed by atoms with Crippen LogP contribution in [0.25, 0.3) is 21.9 Å². The van der Waals surface area contributed by atoms with Crippen LogP contribution in [0.2, 0.25) is 0 Å². The van der Waals surface area contributed by atoms with Gasteiger partial charge in [-0.25, -0.2) is 0 Å². The highest BCUT2D eigenvalue weighted by Crippen LogP contribution is 2.30. The number of piperidine rings is 1. The lowest BCUT2D eigenvalue weighted by atomic mass is 9.89. The summed E-state index contributed by atoms with van der Waals surface area (Å²) in [5.41, 5.74) is 3.10. The number of fused-ring (bicyclic) bond motifs is 1. The SMILES string of the molecule is CN1CCC(CC(=O)c2ccc(-c3ccc4c(C=O)c(O)ccc4c3)cc2)CC1. The Morgan fingerprint density at radius 1 is 1.03 bits per heavy atom. The van der Waals surface area contributed by atoms with Crippen molar-refractivity contribution < 1.29 is 14.7 Å². The molecule has 0 saturated carbocycles. The molecule has 0 spiro atoms. The van der Waals surface area contributed by atoms with Crippen molar-refractivity contribution in [1.29, 1.82) is 0 Å². The van der Waals surface area contributed by atoms with E-state index in [2.05, 4.69) is 11.9 Å². The summed E-state index contributed by atoms with van der Waals surface area (Å²) in [7, 11) is 2.13. The van der Waals surface area contributed by atoms with Crippen LogP contribution < -0.4 is 0 Å². The zero-order valence-electron chi connectivity index (χ0n) is 16.6. The van der Waals surface area contributed by atoms with Gasteiger partial charge in [0.15, 0.2) is 12.1 Å². The number of aldehydes is 1. The van der Waals surface area contributed by atoms with Crippen LogP contribution >= 0.6 is 0 Å². The molecule has 0 atom stereocenters. The Bertz CT molecular complexity index is 1050. The van der Waals surface area contributed by atoms with E-state index in [4.69, 9.17) is 0 Å². The first-order chi connectivity index (χ1) is 14.0. The Kier molecular flexibility index (Phi) is 5.45. The fourth-order valence-corrected chi connectivity index (χ4v) is 4.14. The number of Topliss-reactive ketones (excluding diaryl/α,β-unsaturated/α-hetero) is 1. The average molecular weight is 387 g/mol. The molecule has 1 aliphatic rings. The van der Waals surface area contributed by atoms with Crippen molar-refractivity contribution in [3.63, 3.8) is 0 Å². The van der Waals surface area contributed by atoms with Crippen molar-refractivity contribution in [1.82, 2.24) is 4.90 Å². The third-order valence-electron chi connectivity index (χ3n) is 6.01. The predicted molar refractivity (Wildman–Crippen MR) is 116 cm³/mol. The number of phenols is 1. The molecule has 1 N–H and O–H groups in total. The molecule has 1 aliphatic heterocycles. The van der Waals surface area contributed by atoms with Crippen LogP contribution in [0, 0.1) is 5.92 Å². The summed E-state index contributed by atoms with van der Waals surface area (Å²) in [4.78, 5) is 26.2. The number of rotatable bonds is 5. The van der Waals surface area contributed by atoms with Gasteiger partial charge in [-0.2, -0.15) is 0 Å². The van der Waals surface area contributed by atoms with E-state index in [1.54, 1.807) is 12.1 Å². The normalized spacial score (nSPS) is 15.5. The molecule has 4 rings (SSSR count). The summed E-state index contributed by atoms with van der Waals surface area (Å²) < 4.78 is 0. The monoisotopic (exact) mass is 387 g/mol. The van der Waals surface area contributed by atoms with E-state index in [0.29, 0.717) is 24.2 Å².